The number of esters is 2. The minimum Gasteiger partial charge on any atom is -0.479 e. The zero-order valence-corrected chi connectivity index (χ0v) is 46.4. The van der Waals surface area contributed by atoms with Gasteiger partial charge in [0.2, 0.25) is 0 Å². The highest BCUT2D eigenvalue weighted by Crippen LogP contribution is 2.76. The molecule has 0 aromatic carbocycles. The number of hydrogen-bond acceptors (Lipinski definition) is 23. The molecule has 8 rings (SSSR count). The Balaban J connectivity index is 1.12. The van der Waals surface area contributed by atoms with Gasteiger partial charge in [-0.15, -0.1) is 0 Å². The van der Waals surface area contributed by atoms with Crippen LogP contribution in [-0.4, -0.2) is 227 Å². The van der Waals surface area contributed by atoms with Gasteiger partial charge in [0, 0.05) is 23.3 Å². The van der Waals surface area contributed by atoms with Gasteiger partial charge < -0.3 is 104 Å². The summed E-state index contributed by atoms with van der Waals surface area (Å²) in [6.07, 6.45) is -26.5. The van der Waals surface area contributed by atoms with E-state index in [9.17, 15) is 80.8 Å². The van der Waals surface area contributed by atoms with Crippen molar-refractivity contribution < 1.29 is 119 Å². The van der Waals surface area contributed by atoms with Crippen LogP contribution in [0.15, 0.2) is 23.3 Å². The van der Waals surface area contributed by atoms with E-state index in [4.69, 9.17) is 37.9 Å². The van der Waals surface area contributed by atoms with Crippen LogP contribution in [-0.2, 0) is 52.3 Å². The lowest BCUT2D eigenvalue weighted by Crippen LogP contribution is -2.72. The SMILES string of the molecule is CC=C(C)C(=O)O[C@H]1[C@H](OC(C)=O)[C@@]2(CO)C(CC1(C)C)C1=CCC3[C@@]4(C)CC[C@H](O[C@@H]5OC(C(=O)O)[C@@H](OC6OC(CO)C(O)C(O)C6O)C(O)[C@@H]5O[C@@H]5OC(CO)[C@@H](O)C(O)[C@@H]5O)[C@@](C)(CO)C4CC[C@@]3(C)[C@]1(C)C[C@H]2O. The van der Waals surface area contributed by atoms with Crippen molar-refractivity contribution in [1.82, 2.24) is 0 Å². The Kier molecular flexibility index (Phi) is 17.8. The van der Waals surface area contributed by atoms with Crippen LogP contribution in [0.25, 0.3) is 0 Å². The maximum absolute atomic E-state index is 13.4. The van der Waals surface area contributed by atoms with Crippen molar-refractivity contribution in [3.63, 3.8) is 0 Å². The minimum atomic E-state index is -2.18. The summed E-state index contributed by atoms with van der Waals surface area (Å²) in [5, 5.41) is 143. The topological polar surface area (TPSA) is 388 Å². The maximum Gasteiger partial charge on any atom is 0.335 e. The van der Waals surface area contributed by atoms with Gasteiger partial charge in [0.25, 0.3) is 0 Å². The number of carbonyl (C=O) groups excluding carboxylic acids is 2. The third-order valence-electron chi connectivity index (χ3n) is 21.1. The van der Waals surface area contributed by atoms with Gasteiger partial charge in [0.1, 0.15) is 79.4 Å². The Bertz CT molecular complexity index is 2290. The van der Waals surface area contributed by atoms with Crippen molar-refractivity contribution in [3.8, 4) is 0 Å². The number of allylic oxidation sites excluding steroid dienone is 3. The molecule has 13 N–H and O–H groups in total. The van der Waals surface area contributed by atoms with E-state index >= 15 is 0 Å². The van der Waals surface area contributed by atoms with Crippen LogP contribution in [0.1, 0.15) is 107 Å². The first-order valence-corrected chi connectivity index (χ1v) is 27.7. The van der Waals surface area contributed by atoms with Gasteiger partial charge in [-0.25, -0.2) is 9.59 Å². The number of fused-ring (bicyclic) bond motifs is 7. The number of carboxylic acids is 1. The third kappa shape index (κ3) is 9.94. The van der Waals surface area contributed by atoms with Crippen LogP contribution in [0, 0.1) is 50.2 Å². The van der Waals surface area contributed by atoms with Gasteiger partial charge >= 0.3 is 17.9 Å². The van der Waals surface area contributed by atoms with E-state index in [2.05, 4.69) is 26.8 Å². The number of aliphatic hydroxyl groups excluding tert-OH is 12. The lowest BCUT2D eigenvalue weighted by Gasteiger charge is -2.72. The Hall–Kier alpha value is -2.83. The van der Waals surface area contributed by atoms with Crippen LogP contribution in [0.3, 0.4) is 0 Å². The minimum absolute atomic E-state index is 0.0849. The van der Waals surface area contributed by atoms with E-state index in [1.54, 1.807) is 19.9 Å². The standard InChI is InChI=1S/C55H86O24/c1-10-23(2)46(71)79-43-44(72-24(3)60)55(22-59)26(17-50(43,4)5)25-11-12-30-51(6)15-14-32(52(7,21-58)29(51)13-16-53(30,8)54(25,9)18-31(55)61)75-49-41(77-48-38(67)36(65)34(63)28(20-57)74-48)39(68)40(42(78-49)45(69)70)76-47-37(66)35(64)33(62)27(19-56)73-47/h10-11,26-44,47-49,56-59,61-68H,12-22H2,1-9H3,(H,69,70)/t26?,27?,28?,29?,30?,31-,32+,33?,34-,35?,36?,37?,38+,39?,40+,41+,42?,43+,44+,47?,48+,49-,51+,52+,53-,54-,55+/m1/s1. The molecule has 3 aliphatic heterocycles. The first kappa shape index (κ1) is 62.2. The first-order valence-electron chi connectivity index (χ1n) is 27.7. The number of aliphatic carboxylic acids is 1. The molecule has 3 saturated heterocycles. The molecule has 24 nitrogen and oxygen atoms in total. The van der Waals surface area contributed by atoms with Crippen LogP contribution >= 0.6 is 0 Å². The molecule has 0 aromatic rings. The van der Waals surface area contributed by atoms with Crippen LogP contribution in [0.5, 0.6) is 0 Å². The predicted octanol–water partition coefficient (Wildman–Crippen LogP) is -1.32. The zero-order valence-electron chi connectivity index (χ0n) is 46.4. The normalized spacial score (nSPS) is 50.6. The summed E-state index contributed by atoms with van der Waals surface area (Å²) in [5.74, 6) is -3.88. The number of aliphatic hydroxyl groups is 12. The lowest BCUT2D eigenvalue weighted by atomic mass is 9.33. The zero-order chi connectivity index (χ0) is 58.4. The quantitative estimate of drug-likeness (QED) is 0.0415. The van der Waals surface area contributed by atoms with Crippen LogP contribution in [0.2, 0.25) is 0 Å². The number of rotatable bonds is 14. The molecule has 0 aromatic heterocycles. The first-order chi connectivity index (χ1) is 36.9. The van der Waals surface area contributed by atoms with Crippen molar-refractivity contribution in [2.24, 2.45) is 50.2 Å². The highest BCUT2D eigenvalue weighted by atomic mass is 16.8. The predicted molar refractivity (Wildman–Crippen MR) is 269 cm³/mol. The smallest absolute Gasteiger partial charge is 0.335 e. The summed E-state index contributed by atoms with van der Waals surface area (Å²) < 4.78 is 48.2. The van der Waals surface area contributed by atoms with Gasteiger partial charge in [-0.1, -0.05) is 59.3 Å². The molecule has 0 spiro atoms. The van der Waals surface area contributed by atoms with E-state index < -0.39 is 199 Å². The molecule has 7 fully saturated rings. The highest BCUT2D eigenvalue weighted by Gasteiger charge is 2.74. The van der Waals surface area contributed by atoms with Crippen LogP contribution in [0.4, 0.5) is 0 Å². The van der Waals surface area contributed by atoms with Crippen molar-refractivity contribution >= 4 is 17.9 Å². The summed E-state index contributed by atoms with van der Waals surface area (Å²) in [5.41, 5.74) is -3.78. The Morgan fingerprint density at radius 1 is 0.658 bits per heavy atom. The van der Waals surface area contributed by atoms with Crippen molar-refractivity contribution in [1.29, 1.82) is 0 Å². The third-order valence-corrected chi connectivity index (χ3v) is 21.1. The van der Waals surface area contributed by atoms with E-state index in [1.165, 1.54) is 6.92 Å². The Morgan fingerprint density at radius 3 is 1.76 bits per heavy atom. The lowest BCUT2D eigenvalue weighted by molar-refractivity contribution is -0.392. The molecule has 3 heterocycles. The molecule has 0 radical (unpaired) electrons. The maximum atomic E-state index is 13.4. The summed E-state index contributed by atoms with van der Waals surface area (Å²) in [4.78, 5) is 39.5. The van der Waals surface area contributed by atoms with Gasteiger partial charge in [-0.05, 0) is 92.8 Å². The number of carbonyl (C=O) groups is 3. The largest absolute Gasteiger partial charge is 0.479 e. The van der Waals surface area contributed by atoms with E-state index in [-0.39, 0.29) is 24.7 Å². The number of carboxylic acid groups (broad SMARTS) is 1. The Labute approximate surface area is 459 Å². The average Bonchev–Trinajstić information content (AvgIpc) is 3.25. The molecule has 450 valence electrons. The molecule has 12 unspecified atom stereocenters. The van der Waals surface area contributed by atoms with Gasteiger partial charge in [0.05, 0.1) is 44.1 Å². The van der Waals surface area contributed by atoms with Gasteiger partial charge in [-0.2, -0.15) is 0 Å². The summed E-state index contributed by atoms with van der Waals surface area (Å²) in [7, 11) is 0. The van der Waals surface area contributed by atoms with E-state index in [0.717, 1.165) is 5.57 Å². The molecule has 24 heteroatoms. The molecule has 27 atom stereocenters. The van der Waals surface area contributed by atoms with E-state index in [0.29, 0.717) is 37.7 Å². The van der Waals surface area contributed by atoms with Crippen molar-refractivity contribution in [2.45, 2.75) is 224 Å². The molecule has 8 aliphatic rings. The summed E-state index contributed by atoms with van der Waals surface area (Å²) >= 11 is 0. The fourth-order valence-electron chi connectivity index (χ4n) is 16.2. The molecule has 4 saturated carbocycles. The fraction of sp³-hybridized carbons (Fsp3) is 0.873. The molecule has 0 amide bonds. The van der Waals surface area contributed by atoms with Crippen molar-refractivity contribution in [2.75, 3.05) is 26.4 Å². The molecular weight excluding hydrogens is 1040 g/mol. The van der Waals surface area contributed by atoms with Crippen LogP contribution < -0.4 is 0 Å². The molecular formula is C55H86O24. The fourth-order valence-corrected chi connectivity index (χ4v) is 16.2. The van der Waals surface area contributed by atoms with Gasteiger partial charge in [0.15, 0.2) is 25.0 Å². The summed E-state index contributed by atoms with van der Waals surface area (Å²) in [6, 6.07) is 0. The monoisotopic (exact) mass is 1130 g/mol. The molecule has 5 aliphatic carbocycles. The second-order valence-corrected chi connectivity index (χ2v) is 25.5. The second kappa shape index (κ2) is 22.6. The highest BCUT2D eigenvalue weighted by molar-refractivity contribution is 5.87. The average molecular weight is 1130 g/mol. The summed E-state index contributed by atoms with van der Waals surface area (Å²) in [6.45, 7) is 14.1. The molecule has 0 bridgehead atoms. The Morgan fingerprint density at radius 2 is 1.24 bits per heavy atom. The number of hydrogen-bond donors (Lipinski definition) is 13. The van der Waals surface area contributed by atoms with Crippen molar-refractivity contribution in [3.05, 3.63) is 23.3 Å². The number of ether oxygens (including phenoxy) is 8. The van der Waals surface area contributed by atoms with E-state index in [1.807, 2.05) is 20.8 Å². The molecule has 79 heavy (non-hydrogen) atoms. The second-order valence-electron chi connectivity index (χ2n) is 25.5. The van der Waals surface area contributed by atoms with Gasteiger partial charge in [-0.3, -0.25) is 4.79 Å².